The number of rotatable bonds is 2. The summed E-state index contributed by atoms with van der Waals surface area (Å²) in [4.78, 5) is 28.8. The van der Waals surface area contributed by atoms with Crippen LogP contribution in [0.2, 0.25) is 0 Å². The molecule has 2 N–H and O–H groups in total. The van der Waals surface area contributed by atoms with E-state index < -0.39 is 11.8 Å². The standard InChI is InChI=1S/C14H19N3O3/c1-9-3-4-12(17(8-9)14(19)13(15)18)10-5-11(20-2)7-16-6-10/h5-7,9,12H,3-4,8H2,1-2H3,(H2,15,18). The lowest BCUT2D eigenvalue weighted by Gasteiger charge is -2.38. The number of nitrogens with two attached hydrogens (primary N) is 1. The van der Waals surface area contributed by atoms with Crippen LogP contribution in [0.1, 0.15) is 31.4 Å². The predicted octanol–water partition coefficient (Wildman–Crippen LogP) is 0.875. The van der Waals surface area contributed by atoms with Gasteiger partial charge < -0.3 is 15.4 Å². The van der Waals surface area contributed by atoms with E-state index in [2.05, 4.69) is 11.9 Å². The number of carbonyl (C=O) groups is 2. The Morgan fingerprint density at radius 1 is 1.40 bits per heavy atom. The summed E-state index contributed by atoms with van der Waals surface area (Å²) >= 11 is 0. The highest BCUT2D eigenvalue weighted by Crippen LogP contribution is 2.34. The van der Waals surface area contributed by atoms with Crippen LogP contribution in [0.3, 0.4) is 0 Å². The number of primary amides is 1. The molecular formula is C14H19N3O3. The first kappa shape index (κ1) is 14.3. The van der Waals surface area contributed by atoms with Crippen molar-refractivity contribution in [3.05, 3.63) is 24.0 Å². The molecule has 0 saturated carbocycles. The van der Waals surface area contributed by atoms with Crippen LogP contribution < -0.4 is 10.5 Å². The van der Waals surface area contributed by atoms with E-state index in [1.807, 2.05) is 6.07 Å². The summed E-state index contributed by atoms with van der Waals surface area (Å²) < 4.78 is 5.15. The zero-order chi connectivity index (χ0) is 14.7. The summed E-state index contributed by atoms with van der Waals surface area (Å²) in [5.74, 6) is -0.565. The zero-order valence-electron chi connectivity index (χ0n) is 11.7. The van der Waals surface area contributed by atoms with Crippen molar-refractivity contribution in [1.82, 2.24) is 9.88 Å². The van der Waals surface area contributed by atoms with Gasteiger partial charge in [-0.15, -0.1) is 0 Å². The highest BCUT2D eigenvalue weighted by Gasteiger charge is 2.33. The zero-order valence-corrected chi connectivity index (χ0v) is 11.7. The van der Waals surface area contributed by atoms with Gasteiger partial charge in [0.05, 0.1) is 19.3 Å². The molecule has 0 bridgehead atoms. The van der Waals surface area contributed by atoms with Crippen LogP contribution in [-0.2, 0) is 9.59 Å². The number of carbonyl (C=O) groups excluding carboxylic acids is 2. The maximum atomic E-state index is 12.0. The van der Waals surface area contributed by atoms with Crippen LogP contribution in [0.15, 0.2) is 18.5 Å². The molecular weight excluding hydrogens is 258 g/mol. The first-order chi connectivity index (χ1) is 9.52. The molecule has 1 aromatic rings. The van der Waals surface area contributed by atoms with Crippen LogP contribution in [0.5, 0.6) is 5.75 Å². The molecule has 20 heavy (non-hydrogen) atoms. The second kappa shape index (κ2) is 5.90. The van der Waals surface area contributed by atoms with Crippen molar-refractivity contribution in [1.29, 1.82) is 0 Å². The number of likely N-dealkylation sites (tertiary alicyclic amines) is 1. The fourth-order valence-corrected chi connectivity index (χ4v) is 2.59. The smallest absolute Gasteiger partial charge is 0.312 e. The minimum Gasteiger partial charge on any atom is -0.495 e. The quantitative estimate of drug-likeness (QED) is 0.813. The second-order valence-corrected chi connectivity index (χ2v) is 5.18. The fourth-order valence-electron chi connectivity index (χ4n) is 2.59. The van der Waals surface area contributed by atoms with Gasteiger partial charge in [-0.25, -0.2) is 0 Å². The fraction of sp³-hybridized carbons (Fsp3) is 0.500. The van der Waals surface area contributed by atoms with Gasteiger partial charge in [0.1, 0.15) is 5.75 Å². The molecule has 2 unspecified atom stereocenters. The molecule has 2 heterocycles. The highest BCUT2D eigenvalue weighted by atomic mass is 16.5. The number of methoxy groups -OCH3 is 1. The topological polar surface area (TPSA) is 85.5 Å². The number of nitrogens with zero attached hydrogens (tertiary/aromatic N) is 2. The van der Waals surface area contributed by atoms with Crippen LogP contribution in [0.4, 0.5) is 0 Å². The summed E-state index contributed by atoms with van der Waals surface area (Å²) in [6.07, 6.45) is 5.08. The van der Waals surface area contributed by atoms with Crippen molar-refractivity contribution in [2.75, 3.05) is 13.7 Å². The molecule has 0 aromatic carbocycles. The summed E-state index contributed by atoms with van der Waals surface area (Å²) in [5.41, 5.74) is 6.00. The molecule has 6 nitrogen and oxygen atoms in total. The lowest BCUT2D eigenvalue weighted by molar-refractivity contribution is -0.147. The predicted molar refractivity (Wildman–Crippen MR) is 72.8 cm³/mol. The van der Waals surface area contributed by atoms with Crippen LogP contribution in [0.25, 0.3) is 0 Å². The number of hydrogen-bond donors (Lipinski definition) is 1. The molecule has 1 aliphatic rings. The molecule has 2 amide bonds. The van der Waals surface area contributed by atoms with Gasteiger partial charge in [0.15, 0.2) is 0 Å². The van der Waals surface area contributed by atoms with Crippen molar-refractivity contribution in [3.8, 4) is 5.75 Å². The van der Waals surface area contributed by atoms with Gasteiger partial charge in [-0.3, -0.25) is 14.6 Å². The molecule has 108 valence electrons. The van der Waals surface area contributed by atoms with Crippen molar-refractivity contribution >= 4 is 11.8 Å². The Morgan fingerprint density at radius 2 is 2.15 bits per heavy atom. The first-order valence-electron chi connectivity index (χ1n) is 6.62. The molecule has 0 spiro atoms. The SMILES string of the molecule is COc1cncc(C2CCC(C)CN2C(=O)C(N)=O)c1. The lowest BCUT2D eigenvalue weighted by Crippen LogP contribution is -2.46. The van der Waals surface area contributed by atoms with Gasteiger partial charge in [0.25, 0.3) is 0 Å². The molecule has 0 radical (unpaired) electrons. The Hall–Kier alpha value is -2.11. The van der Waals surface area contributed by atoms with E-state index in [9.17, 15) is 9.59 Å². The van der Waals surface area contributed by atoms with Gasteiger partial charge >= 0.3 is 11.8 Å². The molecule has 1 saturated heterocycles. The normalized spacial score (nSPS) is 22.4. The first-order valence-corrected chi connectivity index (χ1v) is 6.62. The van der Waals surface area contributed by atoms with Gasteiger partial charge in [-0.1, -0.05) is 6.92 Å². The molecule has 1 fully saturated rings. The average Bonchev–Trinajstić information content (AvgIpc) is 2.46. The van der Waals surface area contributed by atoms with Crippen LogP contribution in [0, 0.1) is 5.92 Å². The Kier molecular flexibility index (Phi) is 4.22. The van der Waals surface area contributed by atoms with E-state index in [0.29, 0.717) is 18.2 Å². The van der Waals surface area contributed by atoms with Crippen molar-refractivity contribution < 1.29 is 14.3 Å². The summed E-state index contributed by atoms with van der Waals surface area (Å²) in [6.45, 7) is 2.59. The third kappa shape index (κ3) is 2.89. The molecule has 1 aliphatic heterocycles. The van der Waals surface area contributed by atoms with E-state index in [-0.39, 0.29) is 6.04 Å². The van der Waals surface area contributed by atoms with Crippen molar-refractivity contribution in [2.24, 2.45) is 11.7 Å². The van der Waals surface area contributed by atoms with E-state index in [1.165, 1.54) is 0 Å². The Morgan fingerprint density at radius 3 is 2.80 bits per heavy atom. The van der Waals surface area contributed by atoms with E-state index in [4.69, 9.17) is 10.5 Å². The number of ether oxygens (including phenoxy) is 1. The van der Waals surface area contributed by atoms with Crippen molar-refractivity contribution in [3.63, 3.8) is 0 Å². The van der Waals surface area contributed by atoms with Gasteiger partial charge in [0.2, 0.25) is 0 Å². The minimum atomic E-state index is -0.917. The Bertz CT molecular complexity index is 518. The Labute approximate surface area is 117 Å². The van der Waals surface area contributed by atoms with Crippen LogP contribution in [-0.4, -0.2) is 35.4 Å². The van der Waals surface area contributed by atoms with Gasteiger partial charge in [-0.05, 0) is 30.4 Å². The number of amides is 2. The third-order valence-electron chi connectivity index (χ3n) is 3.64. The van der Waals surface area contributed by atoms with Gasteiger partial charge in [-0.2, -0.15) is 0 Å². The summed E-state index contributed by atoms with van der Waals surface area (Å²) in [7, 11) is 1.57. The third-order valence-corrected chi connectivity index (χ3v) is 3.64. The minimum absolute atomic E-state index is 0.172. The number of aromatic nitrogens is 1. The summed E-state index contributed by atoms with van der Waals surface area (Å²) in [5, 5.41) is 0. The molecule has 2 rings (SSSR count). The number of pyridine rings is 1. The number of hydrogen-bond acceptors (Lipinski definition) is 4. The van der Waals surface area contributed by atoms with E-state index >= 15 is 0 Å². The maximum absolute atomic E-state index is 12.0. The average molecular weight is 277 g/mol. The lowest BCUT2D eigenvalue weighted by atomic mass is 9.90. The van der Waals surface area contributed by atoms with E-state index in [0.717, 1.165) is 18.4 Å². The second-order valence-electron chi connectivity index (χ2n) is 5.18. The number of piperidine rings is 1. The monoisotopic (exact) mass is 277 g/mol. The largest absolute Gasteiger partial charge is 0.495 e. The highest BCUT2D eigenvalue weighted by molar-refractivity contribution is 6.34. The van der Waals surface area contributed by atoms with Crippen molar-refractivity contribution in [2.45, 2.75) is 25.8 Å². The molecule has 0 aliphatic carbocycles. The van der Waals surface area contributed by atoms with E-state index in [1.54, 1.807) is 24.4 Å². The molecule has 1 aromatic heterocycles. The van der Waals surface area contributed by atoms with Gasteiger partial charge in [0, 0.05) is 12.7 Å². The van der Waals surface area contributed by atoms with Crippen LogP contribution >= 0.6 is 0 Å². The Balaban J connectivity index is 2.30. The summed E-state index contributed by atoms with van der Waals surface area (Å²) in [6, 6.07) is 1.67. The molecule has 2 atom stereocenters. The maximum Gasteiger partial charge on any atom is 0.312 e. The molecule has 6 heteroatoms.